The van der Waals surface area contributed by atoms with Gasteiger partial charge in [-0.05, 0) is 18.6 Å². The monoisotopic (exact) mass is 205 g/mol. The van der Waals surface area contributed by atoms with Crippen molar-refractivity contribution in [1.29, 1.82) is 0 Å². The molecule has 0 bridgehead atoms. The molecule has 2 aliphatic heterocycles. The predicted molar refractivity (Wildman–Crippen MR) is 59.4 cm³/mol. The number of morpholine rings is 1. The minimum atomic E-state index is 0.446. The first kappa shape index (κ1) is 8.97. The lowest BCUT2D eigenvalue weighted by Gasteiger charge is -2.41. The van der Waals surface area contributed by atoms with Crippen LogP contribution >= 0.6 is 0 Å². The van der Waals surface area contributed by atoms with Gasteiger partial charge in [0.25, 0.3) is 0 Å². The predicted octanol–water partition coefficient (Wildman–Crippen LogP) is 1.02. The van der Waals surface area contributed by atoms with E-state index in [-0.39, 0.29) is 0 Å². The molecule has 0 spiro atoms. The normalized spacial score (nSPS) is 24.1. The van der Waals surface area contributed by atoms with E-state index in [0.717, 1.165) is 37.8 Å². The Balaban J connectivity index is 1.99. The number of rotatable bonds is 0. The Kier molecular flexibility index (Phi) is 2.02. The summed E-state index contributed by atoms with van der Waals surface area (Å²) < 4.78 is 5.47. The molecule has 80 valence electrons. The van der Waals surface area contributed by atoms with Gasteiger partial charge in [0.15, 0.2) is 5.82 Å². The molecule has 15 heavy (non-hydrogen) atoms. The quantitative estimate of drug-likeness (QED) is 0.686. The number of ether oxygens (including phenoxy) is 1. The van der Waals surface area contributed by atoms with Crippen molar-refractivity contribution in [2.24, 2.45) is 0 Å². The molecule has 2 aliphatic rings. The van der Waals surface area contributed by atoms with Gasteiger partial charge in [0.2, 0.25) is 0 Å². The Morgan fingerprint density at radius 1 is 1.60 bits per heavy atom. The van der Waals surface area contributed by atoms with Crippen LogP contribution in [-0.2, 0) is 4.74 Å². The third kappa shape index (κ3) is 1.45. The van der Waals surface area contributed by atoms with E-state index in [2.05, 4.69) is 28.2 Å². The molecule has 3 rings (SSSR count). The molecule has 1 unspecified atom stereocenters. The van der Waals surface area contributed by atoms with Crippen molar-refractivity contribution in [1.82, 2.24) is 4.98 Å². The van der Waals surface area contributed by atoms with Crippen molar-refractivity contribution >= 4 is 11.5 Å². The number of hydrogen-bond donors (Lipinski definition) is 1. The molecule has 4 nitrogen and oxygen atoms in total. The summed E-state index contributed by atoms with van der Waals surface area (Å²) in [6, 6.07) is 2.61. The molecule has 0 amide bonds. The van der Waals surface area contributed by atoms with Crippen LogP contribution < -0.4 is 10.2 Å². The van der Waals surface area contributed by atoms with Crippen molar-refractivity contribution in [3.05, 3.63) is 17.8 Å². The highest BCUT2D eigenvalue weighted by Crippen LogP contribution is 2.30. The van der Waals surface area contributed by atoms with Gasteiger partial charge in [-0.15, -0.1) is 0 Å². The Morgan fingerprint density at radius 3 is 3.47 bits per heavy atom. The first-order valence-electron chi connectivity index (χ1n) is 5.39. The van der Waals surface area contributed by atoms with Gasteiger partial charge < -0.3 is 15.0 Å². The maximum atomic E-state index is 5.47. The first-order valence-corrected chi connectivity index (χ1v) is 5.39. The smallest absolute Gasteiger partial charge is 0.152 e. The lowest BCUT2D eigenvalue weighted by molar-refractivity contribution is 0.0959. The van der Waals surface area contributed by atoms with Crippen molar-refractivity contribution in [3.8, 4) is 0 Å². The molecule has 1 N–H and O–H groups in total. The topological polar surface area (TPSA) is 37.4 Å². The first-order chi connectivity index (χ1) is 7.34. The summed E-state index contributed by atoms with van der Waals surface area (Å²) in [4.78, 5) is 6.87. The van der Waals surface area contributed by atoms with Crippen LogP contribution in [0.1, 0.15) is 5.56 Å². The Hall–Kier alpha value is -1.29. The van der Waals surface area contributed by atoms with Crippen LogP contribution in [0.5, 0.6) is 0 Å². The van der Waals surface area contributed by atoms with Crippen LogP contribution in [0.15, 0.2) is 12.3 Å². The molecule has 1 aromatic heterocycles. The molecule has 1 aromatic rings. The fourth-order valence-electron chi connectivity index (χ4n) is 2.25. The van der Waals surface area contributed by atoms with Crippen LogP contribution in [-0.4, -0.2) is 37.3 Å². The van der Waals surface area contributed by atoms with E-state index in [1.165, 1.54) is 5.56 Å². The van der Waals surface area contributed by atoms with Crippen molar-refractivity contribution in [3.63, 3.8) is 0 Å². The van der Waals surface area contributed by atoms with E-state index in [4.69, 9.17) is 4.74 Å². The van der Waals surface area contributed by atoms with Gasteiger partial charge in [-0.3, -0.25) is 0 Å². The fourth-order valence-corrected chi connectivity index (χ4v) is 2.25. The van der Waals surface area contributed by atoms with E-state index < -0.39 is 0 Å². The van der Waals surface area contributed by atoms with Gasteiger partial charge in [0.05, 0.1) is 24.9 Å². The average Bonchev–Trinajstić information content (AvgIpc) is 2.28. The summed E-state index contributed by atoms with van der Waals surface area (Å²) in [5, 5.41) is 3.42. The molecule has 3 heterocycles. The summed E-state index contributed by atoms with van der Waals surface area (Å²) in [5.74, 6) is 1.08. The number of nitrogens with one attached hydrogen (secondary N) is 1. The summed E-state index contributed by atoms with van der Waals surface area (Å²) >= 11 is 0. The maximum Gasteiger partial charge on any atom is 0.152 e. The minimum Gasteiger partial charge on any atom is -0.380 e. The Morgan fingerprint density at radius 2 is 2.53 bits per heavy atom. The van der Waals surface area contributed by atoms with Crippen LogP contribution in [0.3, 0.4) is 0 Å². The summed E-state index contributed by atoms with van der Waals surface area (Å²) in [5.41, 5.74) is 2.36. The van der Waals surface area contributed by atoms with Gasteiger partial charge in [-0.1, -0.05) is 0 Å². The Labute approximate surface area is 89.3 Å². The highest BCUT2D eigenvalue weighted by Gasteiger charge is 2.29. The second-order valence-electron chi connectivity index (χ2n) is 4.19. The number of pyridine rings is 1. The van der Waals surface area contributed by atoms with Crippen molar-refractivity contribution in [2.75, 3.05) is 36.5 Å². The third-order valence-electron chi connectivity index (χ3n) is 3.03. The number of hydrogen-bond acceptors (Lipinski definition) is 4. The van der Waals surface area contributed by atoms with E-state index in [9.17, 15) is 0 Å². The number of nitrogens with zero attached hydrogens (tertiary/aromatic N) is 2. The third-order valence-corrected chi connectivity index (χ3v) is 3.03. The number of fused-ring (bicyclic) bond motifs is 3. The molecule has 0 saturated carbocycles. The zero-order chi connectivity index (χ0) is 10.3. The lowest BCUT2D eigenvalue weighted by atomic mass is 10.1. The SMILES string of the molecule is Cc1cnc2c(c1)NCC1COCCN21. The lowest BCUT2D eigenvalue weighted by Crippen LogP contribution is -2.52. The molecule has 1 atom stereocenters. The molecule has 0 aliphatic carbocycles. The molecular weight excluding hydrogens is 190 g/mol. The van der Waals surface area contributed by atoms with Gasteiger partial charge in [-0.25, -0.2) is 4.98 Å². The van der Waals surface area contributed by atoms with Crippen LogP contribution in [0.25, 0.3) is 0 Å². The van der Waals surface area contributed by atoms with Gasteiger partial charge in [-0.2, -0.15) is 0 Å². The van der Waals surface area contributed by atoms with Crippen molar-refractivity contribution in [2.45, 2.75) is 13.0 Å². The highest BCUT2D eigenvalue weighted by molar-refractivity contribution is 5.69. The number of aromatic nitrogens is 1. The number of anilines is 2. The maximum absolute atomic E-state index is 5.47. The Bertz CT molecular complexity index is 380. The molecule has 0 radical (unpaired) electrons. The molecule has 0 aromatic carbocycles. The summed E-state index contributed by atoms with van der Waals surface area (Å²) in [6.45, 7) is 5.60. The fraction of sp³-hybridized carbons (Fsp3) is 0.545. The standard InChI is InChI=1S/C11H15N3O/c1-8-4-10-11(13-5-8)14-2-3-15-7-9(14)6-12-10/h4-5,9,12H,2-3,6-7H2,1H3. The second-order valence-corrected chi connectivity index (χ2v) is 4.19. The van der Waals surface area contributed by atoms with Gasteiger partial charge in [0.1, 0.15) is 0 Å². The zero-order valence-electron chi connectivity index (χ0n) is 8.86. The highest BCUT2D eigenvalue weighted by atomic mass is 16.5. The molecule has 1 saturated heterocycles. The largest absolute Gasteiger partial charge is 0.380 e. The molecular formula is C11H15N3O. The summed E-state index contributed by atoms with van der Waals surface area (Å²) in [6.07, 6.45) is 1.93. The van der Waals surface area contributed by atoms with Crippen LogP contribution in [0.4, 0.5) is 11.5 Å². The van der Waals surface area contributed by atoms with Gasteiger partial charge in [0, 0.05) is 19.3 Å². The van der Waals surface area contributed by atoms with Crippen molar-refractivity contribution < 1.29 is 4.74 Å². The van der Waals surface area contributed by atoms with E-state index in [1.807, 2.05) is 6.20 Å². The summed E-state index contributed by atoms with van der Waals surface area (Å²) in [7, 11) is 0. The molecule has 1 fully saturated rings. The minimum absolute atomic E-state index is 0.446. The number of aryl methyl sites for hydroxylation is 1. The second kappa shape index (κ2) is 3.38. The van der Waals surface area contributed by atoms with Crippen LogP contribution in [0.2, 0.25) is 0 Å². The van der Waals surface area contributed by atoms with Gasteiger partial charge >= 0.3 is 0 Å². The van der Waals surface area contributed by atoms with Crippen LogP contribution in [0, 0.1) is 6.92 Å². The van der Waals surface area contributed by atoms with E-state index in [1.54, 1.807) is 0 Å². The molecule has 4 heteroatoms. The average molecular weight is 205 g/mol. The van der Waals surface area contributed by atoms with E-state index >= 15 is 0 Å². The zero-order valence-corrected chi connectivity index (χ0v) is 8.86. The van der Waals surface area contributed by atoms with E-state index in [0.29, 0.717) is 6.04 Å².